The van der Waals surface area contributed by atoms with Crippen LogP contribution < -0.4 is 10.2 Å². The highest BCUT2D eigenvalue weighted by Crippen LogP contribution is 2.36. The number of rotatable bonds is 3. The second-order valence-corrected chi connectivity index (χ2v) is 4.90. The number of carbonyl (C=O) groups is 1. The van der Waals surface area contributed by atoms with Gasteiger partial charge in [0.25, 0.3) is 0 Å². The van der Waals surface area contributed by atoms with Crippen molar-refractivity contribution < 1.29 is 9.72 Å². The number of anilines is 1. The summed E-state index contributed by atoms with van der Waals surface area (Å²) in [4.78, 5) is 23.5. The standard InChI is InChI=1S/C12H14ClN3O3/c1-8(17)14-9-5-6-15(7-9)11-4-2-3-10(13)12(11)16(18)19/h2-4,9H,5-7H2,1H3,(H,14,17). The van der Waals surface area contributed by atoms with Gasteiger partial charge in [0.05, 0.1) is 4.92 Å². The molecule has 0 saturated carbocycles. The lowest BCUT2D eigenvalue weighted by molar-refractivity contribution is -0.384. The normalized spacial score (nSPS) is 18.4. The van der Waals surface area contributed by atoms with Gasteiger partial charge in [0, 0.05) is 26.1 Å². The Labute approximate surface area is 115 Å². The van der Waals surface area contributed by atoms with Gasteiger partial charge < -0.3 is 10.2 Å². The molecule has 1 aromatic rings. The van der Waals surface area contributed by atoms with Crippen LogP contribution in [0.5, 0.6) is 0 Å². The van der Waals surface area contributed by atoms with Crippen molar-refractivity contribution in [3.8, 4) is 0 Å². The summed E-state index contributed by atoms with van der Waals surface area (Å²) in [6.07, 6.45) is 0.767. The van der Waals surface area contributed by atoms with Crippen LogP contribution in [0.1, 0.15) is 13.3 Å². The zero-order valence-electron chi connectivity index (χ0n) is 10.4. The maximum atomic E-state index is 11.1. The fourth-order valence-corrected chi connectivity index (χ4v) is 2.56. The van der Waals surface area contributed by atoms with Crippen molar-refractivity contribution in [1.29, 1.82) is 0 Å². The first kappa shape index (κ1) is 13.6. The molecular weight excluding hydrogens is 270 g/mol. The molecule has 0 radical (unpaired) electrons. The maximum Gasteiger partial charge on any atom is 0.310 e. The predicted molar refractivity (Wildman–Crippen MR) is 72.5 cm³/mol. The van der Waals surface area contributed by atoms with E-state index in [1.807, 2.05) is 4.90 Å². The van der Waals surface area contributed by atoms with Crippen molar-refractivity contribution in [1.82, 2.24) is 5.32 Å². The van der Waals surface area contributed by atoms with E-state index < -0.39 is 4.92 Å². The largest absolute Gasteiger partial charge is 0.364 e. The van der Waals surface area contributed by atoms with Gasteiger partial charge in [-0.05, 0) is 18.6 Å². The van der Waals surface area contributed by atoms with E-state index in [0.29, 0.717) is 18.8 Å². The minimum atomic E-state index is -0.469. The summed E-state index contributed by atoms with van der Waals surface area (Å²) in [6.45, 7) is 2.68. The summed E-state index contributed by atoms with van der Waals surface area (Å²) in [5.41, 5.74) is 0.429. The molecule has 2 rings (SSSR count). The molecule has 1 saturated heterocycles. The number of carbonyl (C=O) groups excluding carboxylic acids is 1. The lowest BCUT2D eigenvalue weighted by Crippen LogP contribution is -2.35. The summed E-state index contributed by atoms with van der Waals surface area (Å²) in [7, 11) is 0. The molecule has 1 amide bonds. The van der Waals surface area contributed by atoms with E-state index in [9.17, 15) is 14.9 Å². The molecule has 1 aliphatic heterocycles. The average Bonchev–Trinajstić information content (AvgIpc) is 2.75. The smallest absolute Gasteiger partial charge is 0.310 e. The number of halogens is 1. The number of amides is 1. The zero-order chi connectivity index (χ0) is 14.0. The number of para-hydroxylation sites is 1. The molecule has 0 aromatic heterocycles. The maximum absolute atomic E-state index is 11.1. The van der Waals surface area contributed by atoms with E-state index in [1.165, 1.54) is 13.0 Å². The summed E-state index contributed by atoms with van der Waals surface area (Å²) in [5.74, 6) is -0.0903. The summed E-state index contributed by atoms with van der Waals surface area (Å²) in [6, 6.07) is 4.90. The zero-order valence-corrected chi connectivity index (χ0v) is 11.2. The van der Waals surface area contributed by atoms with Crippen molar-refractivity contribution >= 4 is 28.9 Å². The Balaban J connectivity index is 2.22. The molecule has 7 heteroatoms. The summed E-state index contributed by atoms with van der Waals surface area (Å²) < 4.78 is 0. The predicted octanol–water partition coefficient (Wildman–Crippen LogP) is 1.96. The summed E-state index contributed by atoms with van der Waals surface area (Å²) >= 11 is 5.89. The van der Waals surface area contributed by atoms with Crippen LogP contribution in [-0.2, 0) is 4.79 Å². The van der Waals surface area contributed by atoms with Crippen LogP contribution in [0, 0.1) is 10.1 Å². The third-order valence-corrected chi connectivity index (χ3v) is 3.39. The highest BCUT2D eigenvalue weighted by atomic mass is 35.5. The van der Waals surface area contributed by atoms with Gasteiger partial charge in [0.2, 0.25) is 5.91 Å². The van der Waals surface area contributed by atoms with Gasteiger partial charge in [0.15, 0.2) is 0 Å². The lowest BCUT2D eigenvalue weighted by atomic mass is 10.2. The van der Waals surface area contributed by atoms with E-state index in [2.05, 4.69) is 5.32 Å². The first-order chi connectivity index (χ1) is 8.99. The topological polar surface area (TPSA) is 75.5 Å². The van der Waals surface area contributed by atoms with Gasteiger partial charge in [-0.25, -0.2) is 0 Å². The number of nitrogens with zero attached hydrogens (tertiary/aromatic N) is 2. The number of hydrogen-bond donors (Lipinski definition) is 1. The SMILES string of the molecule is CC(=O)NC1CCN(c2cccc(Cl)c2[N+](=O)[O-])C1. The molecular formula is C12H14ClN3O3. The van der Waals surface area contributed by atoms with E-state index in [1.54, 1.807) is 12.1 Å². The molecule has 6 nitrogen and oxygen atoms in total. The van der Waals surface area contributed by atoms with Crippen molar-refractivity contribution in [2.75, 3.05) is 18.0 Å². The molecule has 1 fully saturated rings. The number of nitrogens with one attached hydrogen (secondary N) is 1. The first-order valence-corrected chi connectivity index (χ1v) is 6.32. The molecule has 1 heterocycles. The van der Waals surface area contributed by atoms with E-state index in [-0.39, 0.29) is 22.7 Å². The monoisotopic (exact) mass is 283 g/mol. The highest BCUT2D eigenvalue weighted by Gasteiger charge is 2.29. The van der Waals surface area contributed by atoms with E-state index in [0.717, 1.165) is 6.42 Å². The van der Waals surface area contributed by atoms with Crippen LogP contribution in [0.3, 0.4) is 0 Å². The Morgan fingerprint density at radius 1 is 1.58 bits per heavy atom. The molecule has 1 aromatic carbocycles. The molecule has 1 aliphatic rings. The van der Waals surface area contributed by atoms with Crippen LogP contribution in [0.2, 0.25) is 5.02 Å². The fourth-order valence-electron chi connectivity index (χ4n) is 2.32. The van der Waals surface area contributed by atoms with Crippen molar-refractivity contribution in [2.45, 2.75) is 19.4 Å². The number of benzene rings is 1. The van der Waals surface area contributed by atoms with Crippen LogP contribution in [0.25, 0.3) is 0 Å². The first-order valence-electron chi connectivity index (χ1n) is 5.94. The minimum absolute atomic E-state index is 0.0242. The molecule has 1 N–H and O–H groups in total. The van der Waals surface area contributed by atoms with Gasteiger partial charge in [-0.1, -0.05) is 17.7 Å². The Morgan fingerprint density at radius 2 is 2.32 bits per heavy atom. The van der Waals surface area contributed by atoms with Crippen molar-refractivity contribution in [3.63, 3.8) is 0 Å². The van der Waals surface area contributed by atoms with Gasteiger partial charge in [-0.2, -0.15) is 0 Å². The van der Waals surface area contributed by atoms with Gasteiger partial charge in [-0.3, -0.25) is 14.9 Å². The Morgan fingerprint density at radius 3 is 2.95 bits per heavy atom. The van der Waals surface area contributed by atoms with Crippen LogP contribution in [0.4, 0.5) is 11.4 Å². The quantitative estimate of drug-likeness (QED) is 0.680. The number of hydrogen-bond acceptors (Lipinski definition) is 4. The second-order valence-electron chi connectivity index (χ2n) is 4.50. The number of nitro benzene ring substituents is 1. The Bertz CT molecular complexity index is 521. The van der Waals surface area contributed by atoms with Gasteiger partial charge >= 0.3 is 5.69 Å². The van der Waals surface area contributed by atoms with Crippen LogP contribution >= 0.6 is 11.6 Å². The average molecular weight is 284 g/mol. The Hall–Kier alpha value is -1.82. The minimum Gasteiger partial charge on any atom is -0.364 e. The van der Waals surface area contributed by atoms with Crippen LogP contribution in [-0.4, -0.2) is 30.0 Å². The lowest BCUT2D eigenvalue weighted by Gasteiger charge is -2.19. The molecule has 1 atom stereocenters. The molecule has 19 heavy (non-hydrogen) atoms. The van der Waals surface area contributed by atoms with Gasteiger partial charge in [0.1, 0.15) is 10.7 Å². The highest BCUT2D eigenvalue weighted by molar-refractivity contribution is 6.33. The van der Waals surface area contributed by atoms with Crippen molar-refractivity contribution in [3.05, 3.63) is 33.3 Å². The molecule has 0 bridgehead atoms. The second kappa shape index (κ2) is 5.44. The number of nitro groups is 1. The van der Waals surface area contributed by atoms with Crippen molar-refractivity contribution in [2.24, 2.45) is 0 Å². The van der Waals surface area contributed by atoms with E-state index in [4.69, 9.17) is 11.6 Å². The van der Waals surface area contributed by atoms with E-state index >= 15 is 0 Å². The molecule has 0 spiro atoms. The molecule has 0 aliphatic carbocycles. The Kier molecular flexibility index (Phi) is 3.90. The van der Waals surface area contributed by atoms with Gasteiger partial charge in [-0.15, -0.1) is 0 Å². The molecule has 102 valence electrons. The third kappa shape index (κ3) is 2.96. The fraction of sp³-hybridized carbons (Fsp3) is 0.417. The summed E-state index contributed by atoms with van der Waals surface area (Å²) in [5, 5.41) is 14.0. The van der Waals surface area contributed by atoms with Crippen LogP contribution in [0.15, 0.2) is 18.2 Å². The third-order valence-electron chi connectivity index (χ3n) is 3.08. The molecule has 1 unspecified atom stereocenters.